The Bertz CT molecular complexity index is 952. The number of aromatic nitrogens is 3. The van der Waals surface area contributed by atoms with Crippen LogP contribution in [0.1, 0.15) is 21.6 Å². The van der Waals surface area contributed by atoms with Gasteiger partial charge in [0.15, 0.2) is 0 Å². The van der Waals surface area contributed by atoms with Crippen LogP contribution in [0.15, 0.2) is 30.6 Å². The molecule has 2 heterocycles. The van der Waals surface area contributed by atoms with Crippen molar-refractivity contribution in [2.75, 3.05) is 19.4 Å². The lowest BCUT2D eigenvalue weighted by atomic mass is 10.1. The zero-order chi connectivity index (χ0) is 18.1. The first kappa shape index (κ1) is 16.8. The molecule has 0 radical (unpaired) electrons. The highest BCUT2D eigenvalue weighted by Gasteiger charge is 2.13. The number of nitrogens with one attached hydrogen (secondary N) is 2. The lowest BCUT2D eigenvalue weighted by Gasteiger charge is -2.09. The van der Waals surface area contributed by atoms with Crippen molar-refractivity contribution in [1.29, 1.82) is 0 Å². The molecular weight excluding hydrogens is 318 g/mol. The van der Waals surface area contributed by atoms with Crippen molar-refractivity contribution < 1.29 is 9.59 Å². The van der Waals surface area contributed by atoms with Crippen LogP contribution in [-0.4, -0.2) is 45.6 Å². The van der Waals surface area contributed by atoms with Gasteiger partial charge in [0.25, 0.3) is 5.91 Å². The van der Waals surface area contributed by atoms with Crippen LogP contribution in [0, 0.1) is 13.8 Å². The second-order valence-electron chi connectivity index (χ2n) is 6.32. The Morgan fingerprint density at radius 1 is 1.28 bits per heavy atom. The summed E-state index contributed by atoms with van der Waals surface area (Å²) in [6.45, 7) is 4.22. The van der Waals surface area contributed by atoms with Crippen molar-refractivity contribution in [1.82, 2.24) is 19.7 Å². The third-order valence-corrected chi connectivity index (χ3v) is 4.28. The van der Waals surface area contributed by atoms with Crippen LogP contribution < -0.4 is 5.32 Å². The molecule has 0 aliphatic carbocycles. The second-order valence-corrected chi connectivity index (χ2v) is 6.32. The van der Waals surface area contributed by atoms with Crippen molar-refractivity contribution in [2.45, 2.75) is 20.4 Å². The molecule has 2 aromatic heterocycles. The van der Waals surface area contributed by atoms with Gasteiger partial charge in [0.2, 0.25) is 5.91 Å². The number of H-pyrrole nitrogens is 1. The predicted octanol–water partition coefficient (Wildman–Crippen LogP) is 2.32. The molecule has 0 saturated heterocycles. The van der Waals surface area contributed by atoms with Gasteiger partial charge in [-0.1, -0.05) is 6.07 Å². The highest BCUT2D eigenvalue weighted by atomic mass is 16.2. The standard InChI is InChI=1S/C18H21N5O2/c1-11-5-6-15-14(12(11)2)7-16(21-15)18(25)20-13-8-19-23(9-13)10-17(24)22(3)4/h5-9,21H,10H2,1-4H3,(H,20,25). The molecule has 2 amide bonds. The maximum absolute atomic E-state index is 12.5. The Hall–Kier alpha value is -3.09. The molecule has 7 heteroatoms. The average molecular weight is 339 g/mol. The molecule has 1 aromatic carbocycles. The van der Waals surface area contributed by atoms with Gasteiger partial charge in [0, 0.05) is 31.2 Å². The number of carbonyl (C=O) groups is 2. The number of anilines is 1. The Balaban J connectivity index is 1.75. The van der Waals surface area contributed by atoms with Gasteiger partial charge < -0.3 is 15.2 Å². The third kappa shape index (κ3) is 3.40. The SMILES string of the molecule is Cc1ccc2[nH]c(C(=O)Nc3cnn(CC(=O)N(C)C)c3)cc2c1C. The summed E-state index contributed by atoms with van der Waals surface area (Å²) in [4.78, 5) is 28.8. The highest BCUT2D eigenvalue weighted by molar-refractivity contribution is 6.06. The molecule has 0 atom stereocenters. The molecule has 7 nitrogen and oxygen atoms in total. The van der Waals surface area contributed by atoms with E-state index in [1.807, 2.05) is 32.0 Å². The summed E-state index contributed by atoms with van der Waals surface area (Å²) < 4.78 is 1.50. The summed E-state index contributed by atoms with van der Waals surface area (Å²) in [6, 6.07) is 5.86. The van der Waals surface area contributed by atoms with Crippen molar-refractivity contribution in [2.24, 2.45) is 0 Å². The lowest BCUT2D eigenvalue weighted by Crippen LogP contribution is -2.26. The maximum atomic E-state index is 12.5. The topological polar surface area (TPSA) is 83.0 Å². The van der Waals surface area contributed by atoms with E-state index < -0.39 is 0 Å². The van der Waals surface area contributed by atoms with Gasteiger partial charge in [-0.3, -0.25) is 14.3 Å². The number of carbonyl (C=O) groups excluding carboxylic acids is 2. The number of amides is 2. The van der Waals surface area contributed by atoms with Gasteiger partial charge in [0.1, 0.15) is 12.2 Å². The molecule has 0 fully saturated rings. The van der Waals surface area contributed by atoms with E-state index in [1.165, 1.54) is 21.3 Å². The Labute approximate surface area is 145 Å². The summed E-state index contributed by atoms with van der Waals surface area (Å²) >= 11 is 0. The van der Waals surface area contributed by atoms with Gasteiger partial charge in [-0.25, -0.2) is 0 Å². The number of nitrogens with zero attached hydrogens (tertiary/aromatic N) is 3. The first-order valence-corrected chi connectivity index (χ1v) is 7.98. The number of likely N-dealkylation sites (N-methyl/N-ethyl adjacent to an activating group) is 1. The van der Waals surface area contributed by atoms with E-state index in [1.54, 1.807) is 20.3 Å². The number of aryl methyl sites for hydroxylation is 2. The zero-order valence-electron chi connectivity index (χ0n) is 14.8. The summed E-state index contributed by atoms with van der Waals surface area (Å²) in [5.74, 6) is -0.311. The van der Waals surface area contributed by atoms with E-state index in [9.17, 15) is 9.59 Å². The van der Waals surface area contributed by atoms with E-state index in [4.69, 9.17) is 0 Å². The van der Waals surface area contributed by atoms with Crippen molar-refractivity contribution in [3.63, 3.8) is 0 Å². The first-order valence-electron chi connectivity index (χ1n) is 7.98. The summed E-state index contributed by atoms with van der Waals surface area (Å²) in [5.41, 5.74) is 4.30. The minimum absolute atomic E-state index is 0.0672. The van der Waals surface area contributed by atoms with Crippen LogP contribution in [-0.2, 0) is 11.3 Å². The Morgan fingerprint density at radius 2 is 2.04 bits per heavy atom. The molecule has 3 rings (SSSR count). The van der Waals surface area contributed by atoms with Crippen LogP contribution in [0.25, 0.3) is 10.9 Å². The third-order valence-electron chi connectivity index (χ3n) is 4.28. The van der Waals surface area contributed by atoms with Crippen LogP contribution in [0.3, 0.4) is 0 Å². The summed E-state index contributed by atoms with van der Waals surface area (Å²) in [5, 5.41) is 7.93. The molecule has 3 aromatic rings. The summed E-state index contributed by atoms with van der Waals surface area (Å²) in [6.07, 6.45) is 3.16. The van der Waals surface area contributed by atoms with Crippen LogP contribution >= 0.6 is 0 Å². The van der Waals surface area contributed by atoms with Crippen LogP contribution in [0.2, 0.25) is 0 Å². The van der Waals surface area contributed by atoms with Gasteiger partial charge in [-0.05, 0) is 37.1 Å². The van der Waals surface area contributed by atoms with E-state index in [0.29, 0.717) is 11.4 Å². The predicted molar refractivity (Wildman–Crippen MR) is 96.6 cm³/mol. The van der Waals surface area contributed by atoms with E-state index in [0.717, 1.165) is 16.5 Å². The number of aromatic amines is 1. The fraction of sp³-hybridized carbons (Fsp3) is 0.278. The van der Waals surface area contributed by atoms with Gasteiger partial charge >= 0.3 is 0 Å². The van der Waals surface area contributed by atoms with Gasteiger partial charge in [-0.15, -0.1) is 0 Å². The first-order chi connectivity index (χ1) is 11.8. The molecule has 0 aliphatic rings. The molecule has 2 N–H and O–H groups in total. The molecule has 0 spiro atoms. The fourth-order valence-corrected chi connectivity index (χ4v) is 2.57. The lowest BCUT2D eigenvalue weighted by molar-refractivity contribution is -0.129. The van der Waals surface area contributed by atoms with Crippen LogP contribution in [0.4, 0.5) is 5.69 Å². The normalized spacial score (nSPS) is 10.9. The van der Waals surface area contributed by atoms with Gasteiger partial charge in [-0.2, -0.15) is 5.10 Å². The number of hydrogen-bond acceptors (Lipinski definition) is 3. The van der Waals surface area contributed by atoms with Crippen molar-refractivity contribution >= 4 is 28.4 Å². The molecule has 0 bridgehead atoms. The molecule has 130 valence electrons. The van der Waals surface area contributed by atoms with E-state index >= 15 is 0 Å². The maximum Gasteiger partial charge on any atom is 0.272 e. The van der Waals surface area contributed by atoms with E-state index in [2.05, 4.69) is 15.4 Å². The molecule has 0 aliphatic heterocycles. The van der Waals surface area contributed by atoms with Crippen molar-refractivity contribution in [3.8, 4) is 0 Å². The van der Waals surface area contributed by atoms with Crippen molar-refractivity contribution in [3.05, 3.63) is 47.4 Å². The monoisotopic (exact) mass is 339 g/mol. The number of hydrogen-bond donors (Lipinski definition) is 2. The minimum atomic E-state index is -0.244. The largest absolute Gasteiger partial charge is 0.351 e. The second kappa shape index (κ2) is 6.43. The molecular formula is C18H21N5O2. The smallest absolute Gasteiger partial charge is 0.272 e. The average Bonchev–Trinajstić information content (AvgIpc) is 3.18. The molecule has 0 unspecified atom stereocenters. The summed E-state index contributed by atoms with van der Waals surface area (Å²) in [7, 11) is 3.38. The fourth-order valence-electron chi connectivity index (χ4n) is 2.57. The zero-order valence-corrected chi connectivity index (χ0v) is 14.8. The Morgan fingerprint density at radius 3 is 2.76 bits per heavy atom. The number of benzene rings is 1. The number of rotatable bonds is 4. The highest BCUT2D eigenvalue weighted by Crippen LogP contribution is 2.22. The van der Waals surface area contributed by atoms with E-state index in [-0.39, 0.29) is 18.4 Å². The van der Waals surface area contributed by atoms with Gasteiger partial charge in [0.05, 0.1) is 11.9 Å². The minimum Gasteiger partial charge on any atom is -0.351 e. The molecule has 0 saturated carbocycles. The quantitative estimate of drug-likeness (QED) is 0.765. The number of fused-ring (bicyclic) bond motifs is 1. The van der Waals surface area contributed by atoms with Crippen LogP contribution in [0.5, 0.6) is 0 Å². The molecule has 25 heavy (non-hydrogen) atoms. The Kier molecular flexibility index (Phi) is 4.31.